The van der Waals surface area contributed by atoms with Gasteiger partial charge in [-0.2, -0.15) is 0 Å². The van der Waals surface area contributed by atoms with Crippen molar-refractivity contribution >= 4 is 28.9 Å². The SMILES string of the molecule is CC(=O)O.CCCCC(CCCC)[O][Sn]. The van der Waals surface area contributed by atoms with Gasteiger partial charge in [-0.1, -0.05) is 0 Å². The zero-order valence-corrected chi connectivity index (χ0v) is 12.9. The second-order valence-corrected chi connectivity index (χ2v) is 4.22. The molecule has 0 saturated heterocycles. The molecule has 89 valence electrons. The van der Waals surface area contributed by atoms with Gasteiger partial charge in [0.1, 0.15) is 0 Å². The van der Waals surface area contributed by atoms with E-state index in [1.165, 1.54) is 61.5 Å². The van der Waals surface area contributed by atoms with E-state index in [1.807, 2.05) is 0 Å². The third-order valence-corrected chi connectivity index (χ3v) is 2.88. The Morgan fingerprint density at radius 3 is 1.80 bits per heavy atom. The Morgan fingerprint density at radius 2 is 1.60 bits per heavy atom. The summed E-state index contributed by atoms with van der Waals surface area (Å²) in [5.41, 5.74) is 0. The van der Waals surface area contributed by atoms with E-state index in [1.54, 1.807) is 0 Å². The second-order valence-electron chi connectivity index (χ2n) is 3.54. The fraction of sp³-hybridized carbons (Fsp3) is 0.909. The number of carboxylic acids is 1. The van der Waals surface area contributed by atoms with Crippen LogP contribution in [0.1, 0.15) is 59.3 Å². The van der Waals surface area contributed by atoms with Gasteiger partial charge in [-0.05, 0) is 0 Å². The van der Waals surface area contributed by atoms with Crippen molar-refractivity contribution < 1.29 is 13.0 Å². The first-order chi connectivity index (χ1) is 7.08. The predicted molar refractivity (Wildman–Crippen MR) is 63.0 cm³/mol. The Kier molecular flexibility index (Phi) is 16.7. The fourth-order valence-corrected chi connectivity index (χ4v) is 1.80. The molecule has 0 amide bonds. The molecule has 0 atom stereocenters. The van der Waals surface area contributed by atoms with Crippen LogP contribution in [-0.4, -0.2) is 40.1 Å². The fourth-order valence-electron chi connectivity index (χ4n) is 1.13. The van der Waals surface area contributed by atoms with Crippen LogP contribution in [0.4, 0.5) is 0 Å². The summed E-state index contributed by atoms with van der Waals surface area (Å²) in [4.78, 5) is 9.00. The minimum absolute atomic E-state index is 0.563. The van der Waals surface area contributed by atoms with Crippen molar-refractivity contribution in [2.75, 3.05) is 0 Å². The standard InChI is InChI=1S/C9H19O.C2H4O2.Sn/c1-3-5-7-9(10)8-6-4-2;1-2(3)4;/h9H,3-8H2,1-2H3;1H3,(H,3,4);/q-1;;+1. The molecule has 0 aromatic rings. The number of rotatable bonds is 7. The quantitative estimate of drug-likeness (QED) is 0.733. The summed E-state index contributed by atoms with van der Waals surface area (Å²) in [7, 11) is 0. The molecule has 15 heavy (non-hydrogen) atoms. The molecule has 3 nitrogen and oxygen atoms in total. The Hall–Kier alpha value is 0.229. The zero-order valence-electron chi connectivity index (χ0n) is 10.1. The van der Waals surface area contributed by atoms with E-state index in [2.05, 4.69) is 13.8 Å². The molecule has 0 heterocycles. The van der Waals surface area contributed by atoms with E-state index < -0.39 is 5.97 Å². The number of carboxylic acid groups (broad SMARTS) is 1. The Balaban J connectivity index is 0. The van der Waals surface area contributed by atoms with Crippen LogP contribution in [-0.2, 0) is 7.87 Å². The van der Waals surface area contributed by atoms with Gasteiger partial charge in [0.2, 0.25) is 0 Å². The van der Waals surface area contributed by atoms with Crippen LogP contribution in [0.2, 0.25) is 0 Å². The molecule has 0 aliphatic carbocycles. The summed E-state index contributed by atoms with van der Waals surface area (Å²) in [6, 6.07) is 0. The van der Waals surface area contributed by atoms with Crippen molar-refractivity contribution in [1.82, 2.24) is 0 Å². The van der Waals surface area contributed by atoms with Gasteiger partial charge in [0.05, 0.1) is 0 Å². The summed E-state index contributed by atoms with van der Waals surface area (Å²) >= 11 is 1.23. The molecule has 0 aromatic heterocycles. The molecular formula is C11H23O3Sn. The summed E-state index contributed by atoms with van der Waals surface area (Å²) in [6.07, 6.45) is 8.33. The monoisotopic (exact) mass is 323 g/mol. The van der Waals surface area contributed by atoms with Gasteiger partial charge in [0, 0.05) is 6.92 Å². The van der Waals surface area contributed by atoms with Crippen LogP contribution < -0.4 is 0 Å². The van der Waals surface area contributed by atoms with Crippen LogP contribution in [0.5, 0.6) is 0 Å². The maximum atomic E-state index is 9.00. The van der Waals surface area contributed by atoms with Gasteiger partial charge >= 0.3 is 84.5 Å². The van der Waals surface area contributed by atoms with Gasteiger partial charge < -0.3 is 5.11 Å². The summed E-state index contributed by atoms with van der Waals surface area (Å²) < 4.78 is 5.44. The van der Waals surface area contributed by atoms with E-state index in [0.29, 0.717) is 6.10 Å². The first kappa shape index (κ1) is 17.6. The van der Waals surface area contributed by atoms with Crippen LogP contribution in [0.15, 0.2) is 0 Å². The number of aliphatic carboxylic acids is 1. The maximum absolute atomic E-state index is 9.00. The molecule has 0 saturated carbocycles. The van der Waals surface area contributed by atoms with E-state index in [9.17, 15) is 0 Å². The van der Waals surface area contributed by atoms with Crippen LogP contribution in [0.3, 0.4) is 0 Å². The van der Waals surface area contributed by atoms with Crippen molar-refractivity contribution in [2.24, 2.45) is 0 Å². The van der Waals surface area contributed by atoms with Crippen molar-refractivity contribution in [1.29, 1.82) is 0 Å². The van der Waals surface area contributed by atoms with Crippen molar-refractivity contribution in [2.45, 2.75) is 65.4 Å². The van der Waals surface area contributed by atoms with Crippen molar-refractivity contribution in [3.63, 3.8) is 0 Å². The Bertz CT molecular complexity index is 128. The molecule has 0 bridgehead atoms. The van der Waals surface area contributed by atoms with Gasteiger partial charge in [-0.15, -0.1) is 0 Å². The first-order valence-electron chi connectivity index (χ1n) is 5.60. The predicted octanol–water partition coefficient (Wildman–Crippen LogP) is 2.93. The topological polar surface area (TPSA) is 46.5 Å². The zero-order chi connectivity index (χ0) is 12.1. The van der Waals surface area contributed by atoms with E-state index in [4.69, 9.17) is 13.0 Å². The van der Waals surface area contributed by atoms with Crippen molar-refractivity contribution in [3.8, 4) is 0 Å². The second kappa shape index (κ2) is 14.2. The van der Waals surface area contributed by atoms with Gasteiger partial charge in [0.15, 0.2) is 0 Å². The molecular weight excluding hydrogens is 299 g/mol. The van der Waals surface area contributed by atoms with Crippen molar-refractivity contribution in [3.05, 3.63) is 0 Å². The summed E-state index contributed by atoms with van der Waals surface area (Å²) in [5, 5.41) is 7.42. The third kappa shape index (κ3) is 20.3. The molecule has 0 spiro atoms. The Labute approximate surface area is 107 Å². The Morgan fingerprint density at radius 1 is 1.27 bits per heavy atom. The molecule has 0 fully saturated rings. The third-order valence-electron chi connectivity index (χ3n) is 1.93. The van der Waals surface area contributed by atoms with Crippen LogP contribution in [0, 0.1) is 0 Å². The van der Waals surface area contributed by atoms with Gasteiger partial charge in [-0.3, -0.25) is 4.79 Å². The molecule has 3 radical (unpaired) electrons. The minimum atomic E-state index is -0.833. The summed E-state index contributed by atoms with van der Waals surface area (Å²) in [5.74, 6) is -0.833. The van der Waals surface area contributed by atoms with Crippen LogP contribution >= 0.6 is 0 Å². The molecule has 0 rings (SSSR count). The summed E-state index contributed by atoms with van der Waals surface area (Å²) in [6.45, 7) is 5.56. The molecule has 0 unspecified atom stereocenters. The van der Waals surface area contributed by atoms with E-state index in [-0.39, 0.29) is 0 Å². The number of carbonyl (C=O) groups is 1. The number of hydrogen-bond acceptors (Lipinski definition) is 2. The number of hydrogen-bond donors (Lipinski definition) is 1. The van der Waals surface area contributed by atoms with E-state index >= 15 is 0 Å². The van der Waals surface area contributed by atoms with Crippen LogP contribution in [0.25, 0.3) is 0 Å². The van der Waals surface area contributed by atoms with E-state index in [0.717, 1.165) is 6.92 Å². The molecule has 0 aliphatic rings. The normalized spacial score (nSPS) is 9.67. The molecule has 1 N–H and O–H groups in total. The average molecular weight is 322 g/mol. The van der Waals surface area contributed by atoms with Gasteiger partial charge in [-0.25, -0.2) is 0 Å². The average Bonchev–Trinajstić information content (AvgIpc) is 2.17. The molecule has 0 aliphatic heterocycles. The first-order valence-corrected chi connectivity index (χ1v) is 6.76. The molecule has 0 aromatic carbocycles. The van der Waals surface area contributed by atoms with Gasteiger partial charge in [0.25, 0.3) is 5.97 Å². The molecule has 4 heteroatoms. The number of unbranched alkanes of at least 4 members (excludes halogenated alkanes) is 2.